The van der Waals surface area contributed by atoms with Crippen molar-refractivity contribution in [2.75, 3.05) is 31.1 Å². The zero-order valence-electron chi connectivity index (χ0n) is 17.6. The third-order valence-electron chi connectivity index (χ3n) is 5.67. The molecule has 5 nitrogen and oxygen atoms in total. The molecule has 0 aliphatic carbocycles. The van der Waals surface area contributed by atoms with Gasteiger partial charge in [0.2, 0.25) is 0 Å². The van der Waals surface area contributed by atoms with E-state index in [4.69, 9.17) is 0 Å². The van der Waals surface area contributed by atoms with Gasteiger partial charge >= 0.3 is 0 Å². The van der Waals surface area contributed by atoms with E-state index in [1.54, 1.807) is 11.3 Å². The zero-order valence-corrected chi connectivity index (χ0v) is 18.4. The monoisotopic (exact) mass is 420 g/mol. The Bertz CT molecular complexity index is 993. The Morgan fingerprint density at radius 2 is 1.80 bits per heavy atom. The number of nitrogens with one attached hydrogen (secondary N) is 1. The molecular weight excluding hydrogens is 392 g/mol. The third-order valence-corrected chi connectivity index (χ3v) is 6.50. The van der Waals surface area contributed by atoms with Crippen LogP contribution in [0.2, 0.25) is 0 Å². The number of aryl methyl sites for hydroxylation is 2. The standard InChI is InChI=1S/C24H28N4OS/c1-18-8-9-21(14-19(18)2)28-12-10-27(11-13-28)16-23-26-22(17-30-23)24(29)25-15-20-6-4-3-5-7-20/h3-9,14,17H,10-13,15-16H2,1-2H3,(H,25,29). The van der Waals surface area contributed by atoms with Crippen LogP contribution in [0.15, 0.2) is 53.9 Å². The molecule has 1 aliphatic rings. The first-order valence-electron chi connectivity index (χ1n) is 10.4. The maximum Gasteiger partial charge on any atom is 0.271 e. The second-order valence-corrected chi connectivity index (χ2v) is 8.77. The summed E-state index contributed by atoms with van der Waals surface area (Å²) in [4.78, 5) is 21.8. The van der Waals surface area contributed by atoms with Crippen molar-refractivity contribution in [3.63, 3.8) is 0 Å². The van der Waals surface area contributed by atoms with Crippen LogP contribution < -0.4 is 10.2 Å². The van der Waals surface area contributed by atoms with E-state index in [0.29, 0.717) is 12.2 Å². The van der Waals surface area contributed by atoms with Crippen LogP contribution >= 0.6 is 11.3 Å². The molecule has 30 heavy (non-hydrogen) atoms. The van der Waals surface area contributed by atoms with Gasteiger partial charge in [0, 0.05) is 43.8 Å². The Labute approximate surface area is 182 Å². The first-order chi connectivity index (χ1) is 14.6. The number of hydrogen-bond acceptors (Lipinski definition) is 5. The van der Waals surface area contributed by atoms with Crippen LogP contribution in [0.5, 0.6) is 0 Å². The number of carbonyl (C=O) groups excluding carboxylic acids is 1. The first kappa shape index (κ1) is 20.6. The number of anilines is 1. The average molecular weight is 421 g/mol. The summed E-state index contributed by atoms with van der Waals surface area (Å²) in [6, 6.07) is 16.6. The number of aromatic nitrogens is 1. The van der Waals surface area contributed by atoms with Gasteiger partial charge in [-0.15, -0.1) is 11.3 Å². The minimum Gasteiger partial charge on any atom is -0.369 e. The summed E-state index contributed by atoms with van der Waals surface area (Å²) in [6.07, 6.45) is 0. The number of rotatable bonds is 6. The fraction of sp³-hybridized carbons (Fsp3) is 0.333. The van der Waals surface area contributed by atoms with Gasteiger partial charge in [0.25, 0.3) is 5.91 Å². The normalized spacial score (nSPS) is 14.7. The zero-order chi connectivity index (χ0) is 20.9. The molecule has 1 N–H and O–H groups in total. The van der Waals surface area contributed by atoms with Crippen LogP contribution in [-0.2, 0) is 13.1 Å². The molecule has 156 valence electrons. The molecule has 0 unspecified atom stereocenters. The minimum atomic E-state index is -0.110. The summed E-state index contributed by atoms with van der Waals surface area (Å²) in [5.41, 5.74) is 5.59. The van der Waals surface area contributed by atoms with E-state index in [9.17, 15) is 4.79 Å². The molecule has 0 spiro atoms. The van der Waals surface area contributed by atoms with Crippen molar-refractivity contribution < 1.29 is 4.79 Å². The van der Waals surface area contributed by atoms with Crippen LogP contribution in [0.25, 0.3) is 0 Å². The van der Waals surface area contributed by atoms with Crippen LogP contribution in [0.3, 0.4) is 0 Å². The summed E-state index contributed by atoms with van der Waals surface area (Å²) in [6.45, 7) is 9.68. The van der Waals surface area contributed by atoms with Gasteiger partial charge in [-0.25, -0.2) is 4.98 Å². The van der Waals surface area contributed by atoms with E-state index in [0.717, 1.165) is 43.3 Å². The molecule has 1 aliphatic heterocycles. The summed E-state index contributed by atoms with van der Waals surface area (Å²) >= 11 is 1.57. The lowest BCUT2D eigenvalue weighted by Gasteiger charge is -2.36. The van der Waals surface area contributed by atoms with E-state index in [1.165, 1.54) is 16.8 Å². The number of nitrogens with zero attached hydrogens (tertiary/aromatic N) is 3. The highest BCUT2D eigenvalue weighted by molar-refractivity contribution is 7.09. The predicted octanol–water partition coefficient (Wildman–Crippen LogP) is 4.01. The van der Waals surface area contributed by atoms with Gasteiger partial charge < -0.3 is 10.2 Å². The Balaban J connectivity index is 1.27. The second-order valence-electron chi connectivity index (χ2n) is 7.83. The summed E-state index contributed by atoms with van der Waals surface area (Å²) in [5.74, 6) is -0.110. The molecule has 0 bridgehead atoms. The third kappa shape index (κ3) is 5.07. The van der Waals surface area contributed by atoms with Crippen molar-refractivity contribution in [2.45, 2.75) is 26.9 Å². The second kappa shape index (κ2) is 9.41. The number of hydrogen-bond donors (Lipinski definition) is 1. The summed E-state index contributed by atoms with van der Waals surface area (Å²) in [5, 5.41) is 5.81. The molecule has 1 fully saturated rings. The van der Waals surface area contributed by atoms with Crippen molar-refractivity contribution in [3.8, 4) is 0 Å². The highest BCUT2D eigenvalue weighted by Gasteiger charge is 2.19. The Hall–Kier alpha value is -2.70. The molecule has 1 amide bonds. The van der Waals surface area contributed by atoms with E-state index in [2.05, 4.69) is 52.1 Å². The predicted molar refractivity (Wildman–Crippen MR) is 123 cm³/mol. The SMILES string of the molecule is Cc1ccc(N2CCN(Cc3nc(C(=O)NCc4ccccc4)cs3)CC2)cc1C. The number of benzene rings is 2. The summed E-state index contributed by atoms with van der Waals surface area (Å²) < 4.78 is 0. The molecule has 3 aromatic rings. The lowest BCUT2D eigenvalue weighted by molar-refractivity contribution is 0.0946. The number of carbonyl (C=O) groups is 1. The first-order valence-corrected chi connectivity index (χ1v) is 11.3. The molecule has 4 rings (SSSR count). The van der Waals surface area contributed by atoms with E-state index >= 15 is 0 Å². The molecule has 0 radical (unpaired) electrons. The largest absolute Gasteiger partial charge is 0.369 e. The maximum absolute atomic E-state index is 12.4. The topological polar surface area (TPSA) is 48.5 Å². The van der Waals surface area contributed by atoms with Crippen LogP contribution in [0.1, 0.15) is 32.2 Å². The molecule has 0 saturated carbocycles. The average Bonchev–Trinajstić information content (AvgIpc) is 3.24. The van der Waals surface area contributed by atoms with Gasteiger partial charge in [0.1, 0.15) is 10.7 Å². The van der Waals surface area contributed by atoms with Gasteiger partial charge in [0.05, 0.1) is 6.54 Å². The van der Waals surface area contributed by atoms with Crippen LogP contribution in [0, 0.1) is 13.8 Å². The fourth-order valence-electron chi connectivity index (χ4n) is 3.63. The molecule has 2 aromatic carbocycles. The van der Waals surface area contributed by atoms with Gasteiger partial charge in [-0.05, 0) is 42.7 Å². The molecule has 2 heterocycles. The number of thiazole rings is 1. The van der Waals surface area contributed by atoms with Crippen molar-refractivity contribution in [2.24, 2.45) is 0 Å². The number of amides is 1. The molecule has 1 aromatic heterocycles. The smallest absolute Gasteiger partial charge is 0.271 e. The van der Waals surface area contributed by atoms with Crippen LogP contribution in [-0.4, -0.2) is 42.0 Å². The van der Waals surface area contributed by atoms with Crippen LogP contribution in [0.4, 0.5) is 5.69 Å². The molecule has 0 atom stereocenters. The highest BCUT2D eigenvalue weighted by Crippen LogP contribution is 2.21. The fourth-order valence-corrected chi connectivity index (χ4v) is 4.45. The molecule has 1 saturated heterocycles. The van der Waals surface area contributed by atoms with Gasteiger partial charge in [-0.1, -0.05) is 36.4 Å². The van der Waals surface area contributed by atoms with E-state index < -0.39 is 0 Å². The molecular formula is C24H28N4OS. The minimum absolute atomic E-state index is 0.110. The van der Waals surface area contributed by atoms with Crippen molar-refractivity contribution in [1.29, 1.82) is 0 Å². The maximum atomic E-state index is 12.4. The lowest BCUT2D eigenvalue weighted by Crippen LogP contribution is -2.46. The highest BCUT2D eigenvalue weighted by atomic mass is 32.1. The Morgan fingerprint density at radius 3 is 2.53 bits per heavy atom. The van der Waals surface area contributed by atoms with Crippen molar-refractivity contribution in [1.82, 2.24) is 15.2 Å². The molecule has 6 heteroatoms. The van der Waals surface area contributed by atoms with Crippen molar-refractivity contribution in [3.05, 3.63) is 81.3 Å². The van der Waals surface area contributed by atoms with Crippen molar-refractivity contribution >= 4 is 22.9 Å². The van der Waals surface area contributed by atoms with E-state index in [-0.39, 0.29) is 5.91 Å². The quantitative estimate of drug-likeness (QED) is 0.655. The lowest BCUT2D eigenvalue weighted by atomic mass is 10.1. The van der Waals surface area contributed by atoms with E-state index in [1.807, 2.05) is 35.7 Å². The number of piperazine rings is 1. The Kier molecular flexibility index (Phi) is 6.45. The Morgan fingerprint density at radius 1 is 1.03 bits per heavy atom. The van der Waals surface area contributed by atoms with Gasteiger partial charge in [0.15, 0.2) is 0 Å². The summed E-state index contributed by atoms with van der Waals surface area (Å²) in [7, 11) is 0. The van der Waals surface area contributed by atoms with Gasteiger partial charge in [-0.2, -0.15) is 0 Å². The van der Waals surface area contributed by atoms with Gasteiger partial charge in [-0.3, -0.25) is 9.69 Å².